The van der Waals surface area contributed by atoms with Gasteiger partial charge in [0.25, 0.3) is 0 Å². The molecular formula is C16H13FO. The van der Waals surface area contributed by atoms with Gasteiger partial charge in [0.1, 0.15) is 5.82 Å². The summed E-state index contributed by atoms with van der Waals surface area (Å²) in [5, 5.41) is 0. The Balaban J connectivity index is 2.10. The van der Waals surface area contributed by atoms with Crippen LogP contribution in [-0.2, 0) is 6.42 Å². The Bertz CT molecular complexity index is 644. The minimum absolute atomic E-state index is 0.215. The van der Waals surface area contributed by atoms with Gasteiger partial charge in [0.05, 0.1) is 0 Å². The van der Waals surface area contributed by atoms with Gasteiger partial charge in [0.2, 0.25) is 0 Å². The highest BCUT2D eigenvalue weighted by atomic mass is 19.1. The van der Waals surface area contributed by atoms with Crippen LogP contribution in [0, 0.1) is 12.7 Å². The van der Waals surface area contributed by atoms with E-state index in [2.05, 4.69) is 6.07 Å². The molecule has 0 saturated heterocycles. The number of hydrogen-bond donors (Lipinski definition) is 0. The van der Waals surface area contributed by atoms with Gasteiger partial charge in [-0.05, 0) is 47.7 Å². The van der Waals surface area contributed by atoms with Gasteiger partial charge < -0.3 is 0 Å². The van der Waals surface area contributed by atoms with E-state index in [0.29, 0.717) is 6.42 Å². The third-order valence-electron chi connectivity index (χ3n) is 3.53. The van der Waals surface area contributed by atoms with Crippen LogP contribution in [0.1, 0.15) is 27.9 Å². The molecule has 0 aliphatic heterocycles. The summed E-state index contributed by atoms with van der Waals surface area (Å²) in [5.74, 6) is 0.0139. The van der Waals surface area contributed by atoms with Crippen LogP contribution < -0.4 is 0 Å². The Morgan fingerprint density at radius 3 is 2.56 bits per heavy atom. The number of halogens is 1. The van der Waals surface area contributed by atoms with Crippen molar-refractivity contribution in [3.8, 4) is 11.1 Å². The highest BCUT2D eigenvalue weighted by Gasteiger charge is 2.19. The Labute approximate surface area is 105 Å². The van der Waals surface area contributed by atoms with E-state index in [1.807, 2.05) is 19.1 Å². The van der Waals surface area contributed by atoms with E-state index in [1.54, 1.807) is 6.07 Å². The van der Waals surface area contributed by atoms with Crippen molar-refractivity contribution in [1.29, 1.82) is 0 Å². The number of carbonyl (C=O) groups excluding carboxylic acids is 1. The molecule has 2 heteroatoms. The van der Waals surface area contributed by atoms with Crippen LogP contribution in [0.4, 0.5) is 4.39 Å². The molecule has 1 nitrogen and oxygen atoms in total. The fourth-order valence-electron chi connectivity index (χ4n) is 2.57. The first-order chi connectivity index (χ1) is 8.65. The molecule has 90 valence electrons. The van der Waals surface area contributed by atoms with E-state index < -0.39 is 0 Å². The molecule has 0 aromatic heterocycles. The molecule has 0 atom stereocenters. The Kier molecular flexibility index (Phi) is 2.51. The molecule has 18 heavy (non-hydrogen) atoms. The molecule has 0 N–H and O–H groups in total. The normalized spacial score (nSPS) is 13.8. The largest absolute Gasteiger partial charge is 0.294 e. The molecule has 1 aliphatic carbocycles. The SMILES string of the molecule is Cc1cc(F)ccc1-c1ccc2c(c1)CCC2=O. The Morgan fingerprint density at radius 1 is 1.00 bits per heavy atom. The second-order valence-electron chi connectivity index (χ2n) is 4.75. The van der Waals surface area contributed by atoms with Crippen molar-refractivity contribution in [1.82, 2.24) is 0 Å². The first kappa shape index (κ1) is 11.1. The number of fused-ring (bicyclic) bond motifs is 1. The molecule has 0 heterocycles. The Hall–Kier alpha value is -1.96. The maximum Gasteiger partial charge on any atom is 0.163 e. The van der Waals surface area contributed by atoms with Crippen LogP contribution in [-0.4, -0.2) is 5.78 Å². The molecule has 3 rings (SSSR count). The van der Waals surface area contributed by atoms with Gasteiger partial charge >= 0.3 is 0 Å². The van der Waals surface area contributed by atoms with Gasteiger partial charge in [-0.1, -0.05) is 24.3 Å². The van der Waals surface area contributed by atoms with Crippen molar-refractivity contribution in [2.45, 2.75) is 19.8 Å². The monoisotopic (exact) mass is 240 g/mol. The van der Waals surface area contributed by atoms with Crippen LogP contribution in [0.3, 0.4) is 0 Å². The zero-order valence-electron chi connectivity index (χ0n) is 10.2. The predicted octanol–water partition coefficient (Wildman–Crippen LogP) is 3.93. The number of hydrogen-bond acceptors (Lipinski definition) is 1. The average molecular weight is 240 g/mol. The van der Waals surface area contributed by atoms with Crippen molar-refractivity contribution < 1.29 is 9.18 Å². The highest BCUT2D eigenvalue weighted by molar-refractivity contribution is 6.01. The molecule has 0 fully saturated rings. The molecule has 2 aromatic carbocycles. The van der Waals surface area contributed by atoms with Crippen molar-refractivity contribution in [2.24, 2.45) is 0 Å². The topological polar surface area (TPSA) is 17.1 Å². The van der Waals surface area contributed by atoms with Crippen LogP contribution in [0.2, 0.25) is 0 Å². The number of aryl methyl sites for hydroxylation is 2. The summed E-state index contributed by atoms with van der Waals surface area (Å²) in [7, 11) is 0. The molecule has 0 saturated carbocycles. The summed E-state index contributed by atoms with van der Waals surface area (Å²) < 4.78 is 13.1. The lowest BCUT2D eigenvalue weighted by Crippen LogP contribution is -1.92. The number of carbonyl (C=O) groups is 1. The molecule has 0 spiro atoms. The standard InChI is InChI=1S/C16H13FO/c1-10-8-13(17)4-6-14(10)11-2-5-15-12(9-11)3-7-16(15)18/h2,4-6,8-9H,3,7H2,1H3. The number of benzene rings is 2. The van der Waals surface area contributed by atoms with Gasteiger partial charge in [-0.15, -0.1) is 0 Å². The van der Waals surface area contributed by atoms with E-state index >= 15 is 0 Å². The predicted molar refractivity (Wildman–Crippen MR) is 69.2 cm³/mol. The summed E-state index contributed by atoms with van der Waals surface area (Å²) in [6.07, 6.45) is 1.43. The molecule has 1 aliphatic rings. The second-order valence-corrected chi connectivity index (χ2v) is 4.75. The summed E-state index contributed by atoms with van der Waals surface area (Å²) in [6.45, 7) is 1.90. The molecule has 0 radical (unpaired) electrons. The smallest absolute Gasteiger partial charge is 0.163 e. The van der Waals surface area contributed by atoms with E-state index in [4.69, 9.17) is 0 Å². The van der Waals surface area contributed by atoms with E-state index in [1.165, 1.54) is 12.1 Å². The first-order valence-electron chi connectivity index (χ1n) is 6.08. The Morgan fingerprint density at radius 2 is 1.78 bits per heavy atom. The maximum absolute atomic E-state index is 13.1. The summed E-state index contributed by atoms with van der Waals surface area (Å²) in [5.41, 5.74) is 4.96. The molecular weight excluding hydrogens is 227 g/mol. The lowest BCUT2D eigenvalue weighted by Gasteiger charge is -2.08. The fourth-order valence-corrected chi connectivity index (χ4v) is 2.57. The maximum atomic E-state index is 13.1. The van der Waals surface area contributed by atoms with Gasteiger partial charge in [-0.2, -0.15) is 0 Å². The number of rotatable bonds is 1. The lowest BCUT2D eigenvalue weighted by molar-refractivity contribution is 0.0994. The van der Waals surface area contributed by atoms with Crippen molar-refractivity contribution in [3.05, 3.63) is 58.9 Å². The van der Waals surface area contributed by atoms with Gasteiger partial charge in [-0.3, -0.25) is 4.79 Å². The van der Waals surface area contributed by atoms with Gasteiger partial charge in [0, 0.05) is 12.0 Å². The first-order valence-corrected chi connectivity index (χ1v) is 6.08. The zero-order valence-corrected chi connectivity index (χ0v) is 10.2. The summed E-state index contributed by atoms with van der Waals surface area (Å²) in [4.78, 5) is 11.6. The van der Waals surface area contributed by atoms with Crippen molar-refractivity contribution >= 4 is 5.78 Å². The van der Waals surface area contributed by atoms with E-state index in [-0.39, 0.29) is 11.6 Å². The van der Waals surface area contributed by atoms with Crippen LogP contribution in [0.15, 0.2) is 36.4 Å². The van der Waals surface area contributed by atoms with E-state index in [9.17, 15) is 9.18 Å². The van der Waals surface area contributed by atoms with E-state index in [0.717, 1.165) is 34.2 Å². The third-order valence-corrected chi connectivity index (χ3v) is 3.53. The van der Waals surface area contributed by atoms with Gasteiger partial charge in [0.15, 0.2) is 5.78 Å². The summed E-state index contributed by atoms with van der Waals surface area (Å²) >= 11 is 0. The van der Waals surface area contributed by atoms with Crippen LogP contribution in [0.5, 0.6) is 0 Å². The summed E-state index contributed by atoms with van der Waals surface area (Å²) in [6, 6.07) is 10.7. The zero-order chi connectivity index (χ0) is 12.7. The average Bonchev–Trinajstić information content (AvgIpc) is 2.71. The molecule has 2 aromatic rings. The second kappa shape index (κ2) is 4.05. The van der Waals surface area contributed by atoms with Gasteiger partial charge in [-0.25, -0.2) is 4.39 Å². The quantitative estimate of drug-likeness (QED) is 0.738. The molecule has 0 unspecified atom stereocenters. The highest BCUT2D eigenvalue weighted by Crippen LogP contribution is 2.30. The molecule has 0 amide bonds. The lowest BCUT2D eigenvalue weighted by atomic mass is 9.97. The minimum Gasteiger partial charge on any atom is -0.294 e. The third kappa shape index (κ3) is 1.74. The fraction of sp³-hybridized carbons (Fsp3) is 0.188. The van der Waals surface area contributed by atoms with Crippen LogP contribution in [0.25, 0.3) is 11.1 Å². The molecule has 0 bridgehead atoms. The minimum atomic E-state index is -0.215. The van der Waals surface area contributed by atoms with Crippen molar-refractivity contribution in [3.63, 3.8) is 0 Å². The number of Topliss-reactive ketones (excluding diaryl/α,β-unsaturated/α-hetero) is 1. The van der Waals surface area contributed by atoms with Crippen molar-refractivity contribution in [2.75, 3.05) is 0 Å². The number of ketones is 1. The van der Waals surface area contributed by atoms with Crippen LogP contribution >= 0.6 is 0 Å².